The molecule has 0 amide bonds. The Hall–Kier alpha value is -8.74. The van der Waals surface area contributed by atoms with Crippen LogP contribution in [0.1, 0.15) is 0 Å². The van der Waals surface area contributed by atoms with E-state index in [1.807, 2.05) is 72.8 Å². The average Bonchev–Trinajstić information content (AvgIpc) is 3.98. The highest BCUT2D eigenvalue weighted by molar-refractivity contribution is 6.20. The van der Waals surface area contributed by atoms with Gasteiger partial charge in [0.15, 0.2) is 28.6 Å². The highest BCUT2D eigenvalue weighted by Crippen LogP contribution is 2.46. The van der Waals surface area contributed by atoms with Crippen molar-refractivity contribution >= 4 is 65.4 Å². The van der Waals surface area contributed by atoms with Gasteiger partial charge in [0.2, 0.25) is 5.89 Å². The van der Waals surface area contributed by atoms with Crippen LogP contribution in [0.25, 0.3) is 133 Å². The van der Waals surface area contributed by atoms with E-state index in [1.165, 1.54) is 0 Å². The summed E-state index contributed by atoms with van der Waals surface area (Å²) in [7, 11) is 0. The van der Waals surface area contributed by atoms with Gasteiger partial charge >= 0.3 is 0 Å². The summed E-state index contributed by atoms with van der Waals surface area (Å²) in [4.78, 5) is 20.2. The van der Waals surface area contributed by atoms with Crippen molar-refractivity contribution in [2.45, 2.75) is 0 Å². The van der Waals surface area contributed by atoms with E-state index in [0.29, 0.717) is 34.5 Å². The predicted octanol–water partition coefficient (Wildman–Crippen LogP) is 15.4. The normalized spacial score (nSPS) is 11.8. The number of fused-ring (bicyclic) bond motifs is 8. The number of aromatic nitrogens is 4. The molecule has 13 aromatic rings. The molecule has 0 saturated heterocycles. The number of para-hydroxylation sites is 1. The summed E-state index contributed by atoms with van der Waals surface area (Å²) < 4.78 is 13.6. The molecule has 0 unspecified atom stereocenters. The first-order chi connectivity index (χ1) is 31.7. The number of furan rings is 1. The third kappa shape index (κ3) is 5.81. The Morgan fingerprint density at radius 1 is 0.297 bits per heavy atom. The number of hydrogen-bond donors (Lipinski definition) is 0. The van der Waals surface area contributed by atoms with Crippen LogP contribution in [0, 0.1) is 0 Å². The van der Waals surface area contributed by atoms with Crippen molar-refractivity contribution in [1.82, 2.24) is 19.9 Å². The molecule has 0 N–H and O–H groups in total. The Bertz CT molecular complexity index is 3840. The largest absolute Gasteiger partial charge is 0.452 e. The fraction of sp³-hybridized carbons (Fsp3) is 0. The van der Waals surface area contributed by atoms with Crippen LogP contribution in [0.15, 0.2) is 215 Å². The summed E-state index contributed by atoms with van der Waals surface area (Å²) in [6.07, 6.45) is 0. The molecular weight excluding hydrogens is 785 g/mol. The molecule has 10 aromatic carbocycles. The molecule has 0 bridgehead atoms. The minimum absolute atomic E-state index is 0.558. The molecule has 0 aliphatic carbocycles. The second-order valence-corrected chi connectivity index (χ2v) is 16.1. The second-order valence-electron chi connectivity index (χ2n) is 16.1. The van der Waals surface area contributed by atoms with Crippen molar-refractivity contribution in [3.63, 3.8) is 0 Å². The molecule has 3 aromatic heterocycles. The summed E-state index contributed by atoms with van der Waals surface area (Å²) in [6, 6.07) is 71.2. The maximum atomic E-state index is 6.97. The Morgan fingerprint density at radius 3 is 1.41 bits per heavy atom. The number of oxazole rings is 1. The van der Waals surface area contributed by atoms with Crippen molar-refractivity contribution in [3.05, 3.63) is 206 Å². The summed E-state index contributed by atoms with van der Waals surface area (Å²) in [5.41, 5.74) is 10.9. The zero-order valence-electron chi connectivity index (χ0n) is 34.2. The third-order valence-corrected chi connectivity index (χ3v) is 12.4. The maximum absolute atomic E-state index is 6.97. The first kappa shape index (κ1) is 36.0. The molecule has 64 heavy (non-hydrogen) atoms. The van der Waals surface area contributed by atoms with Crippen LogP contribution < -0.4 is 0 Å². The summed E-state index contributed by atoms with van der Waals surface area (Å²) in [6.45, 7) is 0. The monoisotopic (exact) mass is 818 g/mol. The topological polar surface area (TPSA) is 77.8 Å². The lowest BCUT2D eigenvalue weighted by Gasteiger charge is -2.13. The van der Waals surface area contributed by atoms with Gasteiger partial charge in [-0.25, -0.2) is 19.9 Å². The molecule has 6 nitrogen and oxygen atoms in total. The van der Waals surface area contributed by atoms with Crippen molar-refractivity contribution < 1.29 is 8.83 Å². The Labute approximate surface area is 366 Å². The fourth-order valence-electron chi connectivity index (χ4n) is 9.33. The van der Waals surface area contributed by atoms with Crippen LogP contribution in [0.4, 0.5) is 0 Å². The van der Waals surface area contributed by atoms with Crippen LogP contribution in [-0.4, -0.2) is 19.9 Å². The Morgan fingerprint density at radius 2 is 0.781 bits per heavy atom. The van der Waals surface area contributed by atoms with Gasteiger partial charge in [0.05, 0.1) is 5.56 Å². The lowest BCUT2D eigenvalue weighted by atomic mass is 9.91. The Balaban J connectivity index is 0.975. The SMILES string of the molecule is c1ccc(-c2nc(-c3ccccc3)nc(-c3ccc(-c4ccc(-c5cc6c7ccccc7oc6c6oc(-c7c8ccccc8cc8ccccc78)nc56)c5ccccc45)cc3)n2)cc1. The van der Waals surface area contributed by atoms with Gasteiger partial charge < -0.3 is 8.83 Å². The quantitative estimate of drug-likeness (QED) is 0.156. The standard InChI is InChI=1S/C58H34N4O2/c1-3-15-36(16-4-1)55-60-56(37-17-5-2-6-18-37)62-57(61-55)38-29-27-35(28-30-38)41-31-32-46(45-24-12-11-23-44(41)45)48-34-49-47-25-13-14-26-50(47)63-53(49)54-52(48)59-58(64-54)51-42-21-9-7-19-39(42)33-40-20-8-10-22-43(40)51/h1-34H. The number of nitrogens with zero attached hydrogens (tertiary/aromatic N) is 4. The molecular formula is C58H34N4O2. The second kappa shape index (κ2) is 14.4. The van der Waals surface area contributed by atoms with Crippen molar-refractivity contribution in [3.8, 4) is 67.9 Å². The van der Waals surface area contributed by atoms with Crippen LogP contribution in [0.2, 0.25) is 0 Å². The van der Waals surface area contributed by atoms with E-state index in [2.05, 4.69) is 133 Å². The molecule has 0 fully saturated rings. The van der Waals surface area contributed by atoms with Crippen LogP contribution >= 0.6 is 0 Å². The van der Waals surface area contributed by atoms with Crippen LogP contribution in [0.5, 0.6) is 0 Å². The van der Waals surface area contributed by atoms with Gasteiger partial charge in [-0.3, -0.25) is 0 Å². The van der Waals surface area contributed by atoms with E-state index < -0.39 is 0 Å². The van der Waals surface area contributed by atoms with E-state index in [9.17, 15) is 0 Å². The molecule has 13 rings (SSSR count). The molecule has 6 heteroatoms. The van der Waals surface area contributed by atoms with Gasteiger partial charge in [-0.05, 0) is 67.2 Å². The summed E-state index contributed by atoms with van der Waals surface area (Å²) in [5.74, 6) is 2.45. The smallest absolute Gasteiger partial charge is 0.228 e. The average molecular weight is 819 g/mol. The number of rotatable bonds is 6. The first-order valence-corrected chi connectivity index (χ1v) is 21.4. The van der Waals surface area contributed by atoms with E-state index >= 15 is 0 Å². The molecule has 3 heterocycles. The van der Waals surface area contributed by atoms with Crippen molar-refractivity contribution in [1.29, 1.82) is 0 Å². The van der Waals surface area contributed by atoms with E-state index in [-0.39, 0.29) is 0 Å². The minimum atomic E-state index is 0.558. The van der Waals surface area contributed by atoms with Gasteiger partial charge in [0, 0.05) is 33.0 Å². The van der Waals surface area contributed by atoms with Gasteiger partial charge in [-0.1, -0.05) is 188 Å². The van der Waals surface area contributed by atoms with Gasteiger partial charge in [-0.2, -0.15) is 0 Å². The predicted molar refractivity (Wildman–Crippen MR) is 260 cm³/mol. The lowest BCUT2D eigenvalue weighted by molar-refractivity contribution is 0.604. The molecule has 298 valence electrons. The third-order valence-electron chi connectivity index (χ3n) is 12.4. The number of hydrogen-bond acceptors (Lipinski definition) is 6. The van der Waals surface area contributed by atoms with Gasteiger partial charge in [-0.15, -0.1) is 0 Å². The zero-order chi connectivity index (χ0) is 42.1. The summed E-state index contributed by atoms with van der Waals surface area (Å²) >= 11 is 0. The zero-order valence-corrected chi connectivity index (χ0v) is 34.2. The van der Waals surface area contributed by atoms with Crippen LogP contribution in [-0.2, 0) is 0 Å². The molecule has 0 saturated carbocycles. The van der Waals surface area contributed by atoms with Crippen molar-refractivity contribution in [2.24, 2.45) is 0 Å². The maximum Gasteiger partial charge on any atom is 0.228 e. The fourth-order valence-corrected chi connectivity index (χ4v) is 9.33. The Kier molecular flexibility index (Phi) is 8.11. The highest BCUT2D eigenvalue weighted by Gasteiger charge is 2.24. The van der Waals surface area contributed by atoms with Crippen LogP contribution in [0.3, 0.4) is 0 Å². The molecule has 0 atom stereocenters. The molecule has 0 radical (unpaired) electrons. The van der Waals surface area contributed by atoms with E-state index in [1.54, 1.807) is 0 Å². The van der Waals surface area contributed by atoms with Gasteiger partial charge in [0.1, 0.15) is 11.1 Å². The lowest BCUT2D eigenvalue weighted by Crippen LogP contribution is -2.00. The number of benzene rings is 10. The minimum Gasteiger partial charge on any atom is -0.452 e. The van der Waals surface area contributed by atoms with E-state index in [4.69, 9.17) is 28.8 Å². The highest BCUT2D eigenvalue weighted by atomic mass is 16.4. The molecule has 0 aliphatic heterocycles. The molecule has 0 aliphatic rings. The van der Waals surface area contributed by atoms with Gasteiger partial charge in [0.25, 0.3) is 0 Å². The van der Waals surface area contributed by atoms with Crippen molar-refractivity contribution in [2.75, 3.05) is 0 Å². The first-order valence-electron chi connectivity index (χ1n) is 21.4. The molecule has 0 spiro atoms. The summed E-state index contributed by atoms with van der Waals surface area (Å²) in [5, 5.41) is 8.67. The van der Waals surface area contributed by atoms with E-state index in [0.717, 1.165) is 98.7 Å².